The van der Waals surface area contributed by atoms with Gasteiger partial charge in [0.1, 0.15) is 11.5 Å². The molecular weight excluding hydrogens is 212 g/mol. The first-order chi connectivity index (χ1) is 7.22. The summed E-state index contributed by atoms with van der Waals surface area (Å²) in [6.45, 7) is 6.38. The van der Waals surface area contributed by atoms with Crippen molar-refractivity contribution in [3.05, 3.63) is 28.8 Å². The molecule has 1 aliphatic carbocycles. The quantitative estimate of drug-likeness (QED) is 0.585. The summed E-state index contributed by atoms with van der Waals surface area (Å²) in [4.78, 5) is 8.41. The van der Waals surface area contributed by atoms with E-state index in [4.69, 9.17) is 16.3 Å². The van der Waals surface area contributed by atoms with Gasteiger partial charge in [-0.15, -0.1) is 0 Å². The normalized spacial score (nSPS) is 13.7. The van der Waals surface area contributed by atoms with Gasteiger partial charge >= 0.3 is 0 Å². The van der Waals surface area contributed by atoms with Gasteiger partial charge in [0.2, 0.25) is 5.28 Å². The van der Waals surface area contributed by atoms with Gasteiger partial charge in [0.05, 0.1) is 6.61 Å². The molecule has 0 atom stereocenters. The fourth-order valence-corrected chi connectivity index (χ4v) is 2.06. The molecule has 15 heavy (non-hydrogen) atoms. The van der Waals surface area contributed by atoms with Gasteiger partial charge in [0, 0.05) is 11.3 Å². The van der Waals surface area contributed by atoms with Crippen molar-refractivity contribution in [2.24, 2.45) is 0 Å². The van der Waals surface area contributed by atoms with E-state index in [1.165, 1.54) is 0 Å². The van der Waals surface area contributed by atoms with Crippen LogP contribution in [0.15, 0.2) is 6.58 Å². The molecule has 2 rings (SSSR count). The van der Waals surface area contributed by atoms with Crippen LogP contribution in [0.2, 0.25) is 5.28 Å². The van der Waals surface area contributed by atoms with Crippen molar-refractivity contribution in [3.8, 4) is 0 Å². The zero-order chi connectivity index (χ0) is 10.8. The third kappa shape index (κ3) is 1.97. The number of rotatable bonds is 3. The van der Waals surface area contributed by atoms with Crippen LogP contribution in [0.5, 0.6) is 0 Å². The lowest BCUT2D eigenvalue weighted by atomic mass is 10.1. The SMILES string of the molecule is C=C(OCC)c1nc(Cl)nc2c1CCC2. The second kappa shape index (κ2) is 4.19. The second-order valence-electron chi connectivity index (χ2n) is 3.48. The Hall–Kier alpha value is -1.09. The van der Waals surface area contributed by atoms with Crippen molar-refractivity contribution in [3.63, 3.8) is 0 Å². The predicted molar refractivity (Wildman–Crippen MR) is 59.7 cm³/mol. The third-order valence-electron chi connectivity index (χ3n) is 2.49. The molecule has 0 radical (unpaired) electrons. The summed E-state index contributed by atoms with van der Waals surface area (Å²) in [6, 6.07) is 0. The van der Waals surface area contributed by atoms with E-state index in [1.807, 2.05) is 6.92 Å². The van der Waals surface area contributed by atoms with E-state index >= 15 is 0 Å². The van der Waals surface area contributed by atoms with Crippen LogP contribution >= 0.6 is 11.6 Å². The minimum absolute atomic E-state index is 0.284. The lowest BCUT2D eigenvalue weighted by Gasteiger charge is -2.10. The molecule has 4 heteroatoms. The first-order valence-corrected chi connectivity index (χ1v) is 5.47. The highest BCUT2D eigenvalue weighted by atomic mass is 35.5. The maximum Gasteiger partial charge on any atom is 0.223 e. The van der Waals surface area contributed by atoms with Gasteiger partial charge in [-0.2, -0.15) is 0 Å². The summed E-state index contributed by atoms with van der Waals surface area (Å²) in [6.07, 6.45) is 3.08. The molecule has 0 saturated heterocycles. The minimum atomic E-state index is 0.284. The summed E-state index contributed by atoms with van der Waals surface area (Å²) in [5, 5.41) is 0.284. The summed E-state index contributed by atoms with van der Waals surface area (Å²) < 4.78 is 5.36. The first-order valence-electron chi connectivity index (χ1n) is 5.09. The van der Waals surface area contributed by atoms with E-state index in [9.17, 15) is 0 Å². The van der Waals surface area contributed by atoms with Gasteiger partial charge in [-0.3, -0.25) is 0 Å². The number of aryl methyl sites for hydroxylation is 1. The average Bonchev–Trinajstić information content (AvgIpc) is 2.64. The van der Waals surface area contributed by atoms with E-state index in [0.29, 0.717) is 12.4 Å². The van der Waals surface area contributed by atoms with Crippen LogP contribution in [0, 0.1) is 0 Å². The lowest BCUT2D eigenvalue weighted by Crippen LogP contribution is -2.02. The Morgan fingerprint density at radius 1 is 1.47 bits per heavy atom. The third-order valence-corrected chi connectivity index (χ3v) is 2.66. The molecule has 0 saturated carbocycles. The van der Waals surface area contributed by atoms with Gasteiger partial charge < -0.3 is 4.74 Å². The fraction of sp³-hybridized carbons (Fsp3) is 0.455. The Morgan fingerprint density at radius 3 is 3.00 bits per heavy atom. The number of aromatic nitrogens is 2. The average molecular weight is 225 g/mol. The molecule has 0 aliphatic heterocycles. The van der Waals surface area contributed by atoms with Crippen molar-refractivity contribution in [2.45, 2.75) is 26.2 Å². The summed E-state index contributed by atoms with van der Waals surface area (Å²) in [5.41, 5.74) is 2.98. The summed E-state index contributed by atoms with van der Waals surface area (Å²) in [5.74, 6) is 0.597. The summed E-state index contributed by atoms with van der Waals surface area (Å²) in [7, 11) is 0. The van der Waals surface area contributed by atoms with Gasteiger partial charge in [-0.1, -0.05) is 6.58 Å². The van der Waals surface area contributed by atoms with Gasteiger partial charge in [0.25, 0.3) is 0 Å². The van der Waals surface area contributed by atoms with Crippen LogP contribution < -0.4 is 0 Å². The number of fused-ring (bicyclic) bond motifs is 1. The van der Waals surface area contributed by atoms with Crippen LogP contribution in [-0.4, -0.2) is 16.6 Å². The van der Waals surface area contributed by atoms with Crippen LogP contribution in [0.1, 0.15) is 30.3 Å². The molecule has 1 aromatic rings. The molecule has 0 amide bonds. The molecular formula is C11H13ClN2O. The molecule has 0 bridgehead atoms. The Morgan fingerprint density at radius 2 is 2.27 bits per heavy atom. The number of nitrogens with zero attached hydrogens (tertiary/aromatic N) is 2. The molecule has 0 spiro atoms. The lowest BCUT2D eigenvalue weighted by molar-refractivity contribution is 0.297. The molecule has 0 fully saturated rings. The van der Waals surface area contributed by atoms with E-state index in [1.54, 1.807) is 0 Å². The minimum Gasteiger partial charge on any atom is -0.492 e. The number of hydrogen-bond acceptors (Lipinski definition) is 3. The Labute approximate surface area is 94.1 Å². The zero-order valence-corrected chi connectivity index (χ0v) is 9.47. The van der Waals surface area contributed by atoms with E-state index < -0.39 is 0 Å². The van der Waals surface area contributed by atoms with Crippen LogP contribution in [-0.2, 0) is 17.6 Å². The topological polar surface area (TPSA) is 35.0 Å². The number of halogens is 1. The molecule has 3 nitrogen and oxygen atoms in total. The van der Waals surface area contributed by atoms with Gasteiger partial charge in [0.15, 0.2) is 0 Å². The largest absolute Gasteiger partial charge is 0.492 e. The van der Waals surface area contributed by atoms with Crippen LogP contribution in [0.3, 0.4) is 0 Å². The molecule has 1 aliphatic rings. The van der Waals surface area contributed by atoms with Gasteiger partial charge in [-0.05, 0) is 37.8 Å². The highest BCUT2D eigenvalue weighted by Crippen LogP contribution is 2.28. The van der Waals surface area contributed by atoms with Crippen molar-refractivity contribution >= 4 is 17.4 Å². The Bertz CT molecular complexity index is 404. The van der Waals surface area contributed by atoms with Crippen molar-refractivity contribution < 1.29 is 4.74 Å². The van der Waals surface area contributed by atoms with Gasteiger partial charge in [-0.25, -0.2) is 9.97 Å². The van der Waals surface area contributed by atoms with E-state index in [-0.39, 0.29) is 5.28 Å². The number of ether oxygens (including phenoxy) is 1. The zero-order valence-electron chi connectivity index (χ0n) is 8.72. The highest BCUT2D eigenvalue weighted by Gasteiger charge is 2.20. The maximum absolute atomic E-state index is 5.85. The van der Waals surface area contributed by atoms with E-state index in [0.717, 1.165) is 36.2 Å². The smallest absolute Gasteiger partial charge is 0.223 e. The fourth-order valence-electron chi connectivity index (χ4n) is 1.88. The first kappa shape index (κ1) is 10.4. The molecule has 1 aromatic heterocycles. The molecule has 0 aromatic carbocycles. The highest BCUT2D eigenvalue weighted by molar-refractivity contribution is 6.28. The van der Waals surface area contributed by atoms with Crippen LogP contribution in [0.25, 0.3) is 5.76 Å². The standard InChI is InChI=1S/C11H13ClN2O/c1-3-15-7(2)10-8-5-4-6-9(8)13-11(12)14-10/h2-6H2,1H3. The number of hydrogen-bond donors (Lipinski definition) is 0. The molecule has 0 unspecified atom stereocenters. The predicted octanol–water partition coefficient (Wildman–Crippen LogP) is 2.63. The summed E-state index contributed by atoms with van der Waals surface area (Å²) >= 11 is 5.85. The Kier molecular flexibility index (Phi) is 2.91. The van der Waals surface area contributed by atoms with Crippen molar-refractivity contribution in [2.75, 3.05) is 6.61 Å². The Balaban J connectivity index is 2.42. The van der Waals surface area contributed by atoms with Crippen molar-refractivity contribution in [1.82, 2.24) is 9.97 Å². The van der Waals surface area contributed by atoms with E-state index in [2.05, 4.69) is 16.5 Å². The maximum atomic E-state index is 5.85. The molecule has 80 valence electrons. The van der Waals surface area contributed by atoms with Crippen molar-refractivity contribution in [1.29, 1.82) is 0 Å². The monoisotopic (exact) mass is 224 g/mol. The van der Waals surface area contributed by atoms with Crippen LogP contribution in [0.4, 0.5) is 0 Å². The second-order valence-corrected chi connectivity index (χ2v) is 3.81. The molecule has 0 N–H and O–H groups in total. The molecule has 1 heterocycles.